The van der Waals surface area contributed by atoms with Gasteiger partial charge >= 0.3 is 12.3 Å². The van der Waals surface area contributed by atoms with E-state index in [1.54, 1.807) is 30.3 Å². The minimum atomic E-state index is -4.77. The summed E-state index contributed by atoms with van der Waals surface area (Å²) in [6.45, 7) is 0.121. The average Bonchev–Trinajstić information content (AvgIpc) is 3.06. The molecule has 28 heavy (non-hydrogen) atoms. The molecule has 9 heteroatoms. The third-order valence-corrected chi connectivity index (χ3v) is 3.80. The van der Waals surface area contributed by atoms with Crippen LogP contribution < -0.4 is 10.1 Å². The molecule has 2 N–H and O–H groups in total. The van der Waals surface area contributed by atoms with Gasteiger partial charge in [-0.3, -0.25) is 0 Å². The van der Waals surface area contributed by atoms with Crippen molar-refractivity contribution in [3.8, 4) is 17.2 Å². The fraction of sp³-hybridized carbons (Fsp3) is 0.158. The van der Waals surface area contributed by atoms with Gasteiger partial charge in [0, 0.05) is 6.54 Å². The van der Waals surface area contributed by atoms with Gasteiger partial charge in [0.25, 0.3) is 0 Å². The lowest BCUT2D eigenvalue weighted by Gasteiger charge is -2.12. The molecule has 0 aliphatic carbocycles. The zero-order valence-corrected chi connectivity index (χ0v) is 14.5. The van der Waals surface area contributed by atoms with E-state index in [2.05, 4.69) is 10.4 Å². The van der Waals surface area contributed by atoms with Crippen molar-refractivity contribution in [1.29, 1.82) is 0 Å². The Bertz CT molecular complexity index is 956. The molecule has 0 saturated heterocycles. The van der Waals surface area contributed by atoms with Gasteiger partial charge in [0.2, 0.25) is 0 Å². The van der Waals surface area contributed by atoms with Crippen molar-refractivity contribution in [1.82, 2.24) is 15.1 Å². The minimum absolute atomic E-state index is 0.0863. The molecule has 146 valence electrons. The number of aromatic hydroxyl groups is 1. The Kier molecular flexibility index (Phi) is 5.53. The second-order valence-corrected chi connectivity index (χ2v) is 5.84. The molecular formula is C19H16F3N3O3. The Hall–Kier alpha value is -3.49. The third kappa shape index (κ3) is 4.61. The Morgan fingerprint density at radius 1 is 1.14 bits per heavy atom. The van der Waals surface area contributed by atoms with Crippen LogP contribution in [0.4, 0.5) is 18.0 Å². The number of hydrogen-bond donors (Lipinski definition) is 2. The van der Waals surface area contributed by atoms with E-state index >= 15 is 0 Å². The molecular weight excluding hydrogens is 375 g/mol. The molecule has 0 fully saturated rings. The number of halogens is 3. The Morgan fingerprint density at radius 2 is 1.89 bits per heavy atom. The first-order valence-corrected chi connectivity index (χ1v) is 8.29. The van der Waals surface area contributed by atoms with E-state index in [4.69, 9.17) is 4.74 Å². The number of nitrogens with zero attached hydrogens (tertiary/aromatic N) is 2. The lowest BCUT2D eigenvalue weighted by molar-refractivity contribution is -0.143. The SMILES string of the molecule is O=C(NCCc1cccc(O)c1)Oc1cnn(-c2ccccc2)c1C(F)(F)F. The van der Waals surface area contributed by atoms with Crippen LogP contribution in [-0.2, 0) is 12.6 Å². The first-order valence-electron chi connectivity index (χ1n) is 8.29. The van der Waals surface area contributed by atoms with E-state index in [0.29, 0.717) is 11.1 Å². The number of carbonyl (C=O) groups is 1. The van der Waals surface area contributed by atoms with Crippen LogP contribution in [0, 0.1) is 0 Å². The highest BCUT2D eigenvalue weighted by Gasteiger charge is 2.40. The fourth-order valence-corrected chi connectivity index (χ4v) is 2.59. The van der Waals surface area contributed by atoms with Crippen molar-refractivity contribution in [3.63, 3.8) is 0 Å². The van der Waals surface area contributed by atoms with Crippen LogP contribution in [0.2, 0.25) is 0 Å². The van der Waals surface area contributed by atoms with Crippen LogP contribution in [0.1, 0.15) is 11.3 Å². The van der Waals surface area contributed by atoms with Crippen LogP contribution in [0.25, 0.3) is 5.69 Å². The summed E-state index contributed by atoms with van der Waals surface area (Å²) >= 11 is 0. The maximum atomic E-state index is 13.5. The van der Waals surface area contributed by atoms with E-state index in [1.165, 1.54) is 24.3 Å². The molecule has 1 aromatic heterocycles. The van der Waals surface area contributed by atoms with E-state index < -0.39 is 23.7 Å². The first kappa shape index (κ1) is 19.3. The number of rotatable bonds is 5. The molecule has 0 aliphatic rings. The summed E-state index contributed by atoms with van der Waals surface area (Å²) in [5.74, 6) is -0.602. The normalized spacial score (nSPS) is 11.2. The Labute approximate surface area is 158 Å². The number of amides is 1. The molecule has 3 aromatic rings. The zero-order valence-electron chi connectivity index (χ0n) is 14.5. The maximum absolute atomic E-state index is 13.5. The number of alkyl halides is 3. The molecule has 0 aliphatic heterocycles. The van der Waals surface area contributed by atoms with Crippen LogP contribution in [0.15, 0.2) is 60.8 Å². The molecule has 0 atom stereocenters. The molecule has 0 unspecified atom stereocenters. The maximum Gasteiger partial charge on any atom is 0.437 e. The summed E-state index contributed by atoms with van der Waals surface area (Å²) in [6, 6.07) is 14.2. The second kappa shape index (κ2) is 8.03. The average molecular weight is 391 g/mol. The molecule has 3 rings (SSSR count). The van der Waals surface area contributed by atoms with Gasteiger partial charge in [0.05, 0.1) is 11.9 Å². The molecule has 0 radical (unpaired) electrons. The summed E-state index contributed by atoms with van der Waals surface area (Å²) < 4.78 is 46.0. The molecule has 2 aromatic carbocycles. The number of ether oxygens (including phenoxy) is 1. The summed E-state index contributed by atoms with van der Waals surface area (Å²) in [6.07, 6.45) is -4.58. The molecule has 1 heterocycles. The van der Waals surface area contributed by atoms with Gasteiger partial charge in [-0.05, 0) is 36.2 Å². The highest BCUT2D eigenvalue weighted by molar-refractivity contribution is 5.70. The van der Waals surface area contributed by atoms with Crippen LogP contribution in [0.5, 0.6) is 11.5 Å². The number of para-hydroxylation sites is 1. The topological polar surface area (TPSA) is 76.4 Å². The highest BCUT2D eigenvalue weighted by Crippen LogP contribution is 2.37. The van der Waals surface area contributed by atoms with Gasteiger partial charge in [0.1, 0.15) is 5.75 Å². The third-order valence-electron chi connectivity index (χ3n) is 3.80. The van der Waals surface area contributed by atoms with Crippen molar-refractivity contribution >= 4 is 6.09 Å². The van der Waals surface area contributed by atoms with Crippen molar-refractivity contribution in [2.45, 2.75) is 12.6 Å². The number of benzene rings is 2. The van der Waals surface area contributed by atoms with Gasteiger partial charge < -0.3 is 15.2 Å². The van der Waals surface area contributed by atoms with Crippen molar-refractivity contribution in [2.24, 2.45) is 0 Å². The standard InChI is InChI=1S/C19H16F3N3O3/c20-19(21,22)17-16(12-24-25(17)14-6-2-1-3-7-14)28-18(27)23-10-9-13-5-4-8-15(26)11-13/h1-8,11-12,26H,9-10H2,(H,23,27). The largest absolute Gasteiger partial charge is 0.508 e. The van der Waals surface area contributed by atoms with Crippen molar-refractivity contribution in [2.75, 3.05) is 6.54 Å². The minimum Gasteiger partial charge on any atom is -0.508 e. The molecule has 0 saturated carbocycles. The lowest BCUT2D eigenvalue weighted by atomic mass is 10.1. The Balaban J connectivity index is 1.69. The van der Waals surface area contributed by atoms with Crippen LogP contribution in [-0.4, -0.2) is 27.5 Å². The fourth-order valence-electron chi connectivity index (χ4n) is 2.59. The summed E-state index contributed by atoms with van der Waals surface area (Å²) in [5, 5.41) is 15.5. The number of aromatic nitrogens is 2. The predicted molar refractivity (Wildman–Crippen MR) is 94.4 cm³/mol. The van der Waals surface area contributed by atoms with Gasteiger partial charge in [-0.2, -0.15) is 18.3 Å². The van der Waals surface area contributed by atoms with E-state index in [0.717, 1.165) is 11.8 Å². The van der Waals surface area contributed by atoms with Crippen molar-refractivity contribution < 1.29 is 27.8 Å². The summed E-state index contributed by atoms with van der Waals surface area (Å²) in [4.78, 5) is 11.9. The van der Waals surface area contributed by atoms with E-state index in [9.17, 15) is 23.1 Å². The van der Waals surface area contributed by atoms with Gasteiger partial charge in [-0.1, -0.05) is 30.3 Å². The number of carbonyl (C=O) groups excluding carboxylic acids is 1. The zero-order chi connectivity index (χ0) is 20.1. The lowest BCUT2D eigenvalue weighted by Crippen LogP contribution is -2.29. The first-order chi connectivity index (χ1) is 13.3. The summed E-state index contributed by atoms with van der Waals surface area (Å²) in [7, 11) is 0. The smallest absolute Gasteiger partial charge is 0.437 e. The second-order valence-electron chi connectivity index (χ2n) is 5.84. The van der Waals surface area contributed by atoms with Crippen LogP contribution in [0.3, 0.4) is 0 Å². The monoisotopic (exact) mass is 391 g/mol. The number of nitrogens with one attached hydrogen (secondary N) is 1. The van der Waals surface area contributed by atoms with Crippen molar-refractivity contribution in [3.05, 3.63) is 72.1 Å². The van der Waals surface area contributed by atoms with Gasteiger partial charge in [-0.15, -0.1) is 0 Å². The van der Waals surface area contributed by atoms with Gasteiger partial charge in [-0.25, -0.2) is 9.48 Å². The van der Waals surface area contributed by atoms with E-state index in [1.807, 2.05) is 0 Å². The van der Waals surface area contributed by atoms with E-state index in [-0.39, 0.29) is 18.0 Å². The molecule has 6 nitrogen and oxygen atoms in total. The molecule has 0 bridgehead atoms. The molecule has 1 amide bonds. The Morgan fingerprint density at radius 3 is 2.57 bits per heavy atom. The number of phenolic OH excluding ortho intramolecular Hbond substituents is 1. The quantitative estimate of drug-likeness (QED) is 0.691. The molecule has 0 spiro atoms. The van der Waals surface area contributed by atoms with Crippen LogP contribution >= 0.6 is 0 Å². The van der Waals surface area contributed by atoms with Gasteiger partial charge in [0.15, 0.2) is 11.4 Å². The number of hydrogen-bond acceptors (Lipinski definition) is 4. The number of phenols is 1. The summed E-state index contributed by atoms with van der Waals surface area (Å²) in [5.41, 5.74) is -0.232. The predicted octanol–water partition coefficient (Wildman–Crippen LogP) is 3.93. The highest BCUT2D eigenvalue weighted by atomic mass is 19.4.